The molecule has 0 saturated heterocycles. The molecular weight excluding hydrogens is 244 g/mol. The molecule has 3 rings (SSSR count). The first-order chi connectivity index (χ1) is 9.65. The second kappa shape index (κ2) is 5.01. The summed E-state index contributed by atoms with van der Waals surface area (Å²) in [5.41, 5.74) is 5.65. The molecule has 1 nitrogen and oxygen atoms in total. The second-order valence-electron chi connectivity index (χ2n) is 5.40. The third-order valence-corrected chi connectivity index (χ3v) is 3.50. The average Bonchev–Trinajstić information content (AvgIpc) is 2.82. The highest BCUT2D eigenvalue weighted by Crippen LogP contribution is 2.30. The lowest BCUT2D eigenvalue weighted by Crippen LogP contribution is -1.78. The van der Waals surface area contributed by atoms with Crippen molar-refractivity contribution in [3.63, 3.8) is 0 Å². The third-order valence-electron chi connectivity index (χ3n) is 3.50. The van der Waals surface area contributed by atoms with Crippen LogP contribution in [-0.4, -0.2) is 0 Å². The van der Waals surface area contributed by atoms with Crippen LogP contribution in [0.1, 0.15) is 26.3 Å². The van der Waals surface area contributed by atoms with E-state index in [1.54, 1.807) is 0 Å². The number of hydrogen-bond acceptors (Lipinski definition) is 1. The Morgan fingerprint density at radius 3 is 2.40 bits per heavy atom. The summed E-state index contributed by atoms with van der Waals surface area (Å²) in [6, 6.07) is 14.6. The smallest absolute Gasteiger partial charge is 0.136 e. The lowest BCUT2D eigenvalue weighted by molar-refractivity contribution is 0.669. The lowest BCUT2D eigenvalue weighted by Gasteiger charge is -2.00. The van der Waals surface area contributed by atoms with E-state index in [9.17, 15) is 0 Å². The summed E-state index contributed by atoms with van der Waals surface area (Å²) >= 11 is 0. The molecule has 0 radical (unpaired) electrons. The van der Waals surface area contributed by atoms with Crippen molar-refractivity contribution < 1.29 is 4.42 Å². The van der Waals surface area contributed by atoms with Crippen molar-refractivity contribution in [1.29, 1.82) is 0 Å². The molecule has 0 aliphatic carbocycles. The predicted molar refractivity (Wildman–Crippen MR) is 86.8 cm³/mol. The molecule has 0 spiro atoms. The van der Waals surface area contributed by atoms with E-state index in [4.69, 9.17) is 4.42 Å². The summed E-state index contributed by atoms with van der Waals surface area (Å²) in [6.07, 6.45) is 4.29. The number of benzene rings is 2. The van der Waals surface area contributed by atoms with Crippen molar-refractivity contribution in [2.45, 2.75) is 20.8 Å². The number of allylic oxidation sites excluding steroid dienone is 4. The molecule has 0 N–H and O–H groups in total. The standard InChI is InChI=1S/C19H18O/c1-13(2)8-9-14(3)15-10-11-17-16-6-4-5-7-18(16)20-19(17)12-15/h4-12H,1-3H3/b14-9+. The SMILES string of the molecule is CC(C)=C/C=C(\C)c1ccc2c(c1)oc1ccccc12. The van der Waals surface area contributed by atoms with Crippen LogP contribution < -0.4 is 0 Å². The molecule has 2 aromatic carbocycles. The number of furan rings is 1. The molecule has 1 aromatic heterocycles. The maximum atomic E-state index is 5.93. The van der Waals surface area contributed by atoms with Crippen LogP contribution in [0.25, 0.3) is 27.5 Å². The average molecular weight is 262 g/mol. The molecule has 0 bridgehead atoms. The van der Waals surface area contributed by atoms with E-state index in [1.807, 2.05) is 18.2 Å². The Hall–Kier alpha value is -2.28. The van der Waals surface area contributed by atoms with E-state index < -0.39 is 0 Å². The highest BCUT2D eigenvalue weighted by molar-refractivity contribution is 6.05. The Morgan fingerprint density at radius 2 is 1.60 bits per heavy atom. The second-order valence-corrected chi connectivity index (χ2v) is 5.40. The first-order valence-corrected chi connectivity index (χ1v) is 6.88. The van der Waals surface area contributed by atoms with E-state index in [1.165, 1.54) is 27.5 Å². The summed E-state index contributed by atoms with van der Waals surface area (Å²) in [6.45, 7) is 6.34. The van der Waals surface area contributed by atoms with Crippen LogP contribution in [0.2, 0.25) is 0 Å². The van der Waals surface area contributed by atoms with Crippen LogP contribution in [-0.2, 0) is 0 Å². The normalized spacial score (nSPS) is 12.1. The van der Waals surface area contributed by atoms with Gasteiger partial charge in [-0.05, 0) is 50.1 Å². The molecule has 1 heterocycles. The Morgan fingerprint density at radius 1 is 0.850 bits per heavy atom. The molecule has 1 heteroatoms. The van der Waals surface area contributed by atoms with E-state index in [2.05, 4.69) is 57.2 Å². The van der Waals surface area contributed by atoms with Crippen molar-refractivity contribution in [1.82, 2.24) is 0 Å². The summed E-state index contributed by atoms with van der Waals surface area (Å²) < 4.78 is 5.93. The van der Waals surface area contributed by atoms with Gasteiger partial charge in [-0.3, -0.25) is 0 Å². The molecule has 0 aliphatic heterocycles. The highest BCUT2D eigenvalue weighted by Gasteiger charge is 2.07. The zero-order valence-corrected chi connectivity index (χ0v) is 12.1. The Balaban J connectivity index is 2.14. The van der Waals surface area contributed by atoms with Gasteiger partial charge in [0.25, 0.3) is 0 Å². The van der Waals surface area contributed by atoms with Gasteiger partial charge in [0.2, 0.25) is 0 Å². The molecule has 0 aliphatic rings. The van der Waals surface area contributed by atoms with Crippen LogP contribution in [0.15, 0.2) is 64.6 Å². The van der Waals surface area contributed by atoms with Gasteiger partial charge in [-0.2, -0.15) is 0 Å². The van der Waals surface area contributed by atoms with Crippen molar-refractivity contribution in [2.24, 2.45) is 0 Å². The topological polar surface area (TPSA) is 13.1 Å². The zero-order chi connectivity index (χ0) is 14.1. The summed E-state index contributed by atoms with van der Waals surface area (Å²) in [4.78, 5) is 0. The lowest BCUT2D eigenvalue weighted by atomic mass is 10.0. The fourth-order valence-corrected chi connectivity index (χ4v) is 2.36. The van der Waals surface area contributed by atoms with Gasteiger partial charge in [0.05, 0.1) is 0 Å². The molecule has 20 heavy (non-hydrogen) atoms. The fourth-order valence-electron chi connectivity index (χ4n) is 2.36. The molecule has 0 unspecified atom stereocenters. The maximum absolute atomic E-state index is 5.93. The van der Waals surface area contributed by atoms with Gasteiger partial charge >= 0.3 is 0 Å². The first-order valence-electron chi connectivity index (χ1n) is 6.88. The van der Waals surface area contributed by atoms with Gasteiger partial charge < -0.3 is 4.42 Å². The molecular formula is C19H18O. The van der Waals surface area contributed by atoms with Crippen molar-refractivity contribution in [3.05, 3.63) is 65.8 Å². The van der Waals surface area contributed by atoms with Crippen LogP contribution in [0.4, 0.5) is 0 Å². The number of fused-ring (bicyclic) bond motifs is 3. The quantitative estimate of drug-likeness (QED) is 0.520. The van der Waals surface area contributed by atoms with Crippen LogP contribution in [0.3, 0.4) is 0 Å². The van der Waals surface area contributed by atoms with E-state index in [0.717, 1.165) is 11.2 Å². The van der Waals surface area contributed by atoms with Crippen molar-refractivity contribution in [2.75, 3.05) is 0 Å². The van der Waals surface area contributed by atoms with Crippen LogP contribution in [0, 0.1) is 0 Å². The predicted octanol–water partition coefficient (Wildman–Crippen LogP) is 5.96. The minimum atomic E-state index is 0.950. The van der Waals surface area contributed by atoms with Crippen LogP contribution in [0.5, 0.6) is 0 Å². The maximum Gasteiger partial charge on any atom is 0.136 e. The van der Waals surface area contributed by atoms with E-state index in [0.29, 0.717) is 0 Å². The molecule has 0 atom stereocenters. The molecule has 0 amide bonds. The van der Waals surface area contributed by atoms with Gasteiger partial charge in [0.1, 0.15) is 11.2 Å². The van der Waals surface area contributed by atoms with Gasteiger partial charge in [-0.1, -0.05) is 42.0 Å². The summed E-state index contributed by atoms with van der Waals surface area (Å²) in [7, 11) is 0. The Labute approximate surface area is 119 Å². The monoisotopic (exact) mass is 262 g/mol. The molecule has 3 aromatic rings. The van der Waals surface area contributed by atoms with Gasteiger partial charge in [-0.25, -0.2) is 0 Å². The number of hydrogen-bond donors (Lipinski definition) is 0. The van der Waals surface area contributed by atoms with Gasteiger partial charge in [-0.15, -0.1) is 0 Å². The first kappa shape index (κ1) is 12.7. The molecule has 100 valence electrons. The highest BCUT2D eigenvalue weighted by atomic mass is 16.3. The van der Waals surface area contributed by atoms with Crippen LogP contribution >= 0.6 is 0 Å². The molecule has 0 saturated carbocycles. The summed E-state index contributed by atoms with van der Waals surface area (Å²) in [5.74, 6) is 0. The molecule has 0 fully saturated rings. The largest absolute Gasteiger partial charge is 0.456 e. The Bertz CT molecular complexity index is 827. The minimum Gasteiger partial charge on any atom is -0.456 e. The van der Waals surface area contributed by atoms with Gasteiger partial charge in [0, 0.05) is 10.8 Å². The number of para-hydroxylation sites is 1. The van der Waals surface area contributed by atoms with Crippen molar-refractivity contribution >= 4 is 27.5 Å². The fraction of sp³-hybridized carbons (Fsp3) is 0.158. The third kappa shape index (κ3) is 2.27. The number of rotatable bonds is 2. The van der Waals surface area contributed by atoms with E-state index in [-0.39, 0.29) is 0 Å². The summed E-state index contributed by atoms with van der Waals surface area (Å²) in [5, 5.41) is 2.36. The minimum absolute atomic E-state index is 0.950. The Kier molecular flexibility index (Phi) is 3.19. The van der Waals surface area contributed by atoms with Gasteiger partial charge in [0.15, 0.2) is 0 Å². The zero-order valence-electron chi connectivity index (χ0n) is 12.1. The van der Waals surface area contributed by atoms with E-state index >= 15 is 0 Å². The van der Waals surface area contributed by atoms with Crippen molar-refractivity contribution in [3.8, 4) is 0 Å².